The second-order valence-corrected chi connectivity index (χ2v) is 8.03. The first kappa shape index (κ1) is 22.3. The number of rotatable bonds is 5. The lowest BCUT2D eigenvalue weighted by Crippen LogP contribution is -2.42. The molecule has 2 aromatic rings. The van der Waals surface area contributed by atoms with Crippen LogP contribution in [0.4, 0.5) is 13.2 Å². The molecule has 162 valence electrons. The van der Waals surface area contributed by atoms with Gasteiger partial charge in [0.05, 0.1) is 0 Å². The minimum Gasteiger partial charge on any atom is -0.376 e. The van der Waals surface area contributed by atoms with Crippen LogP contribution in [-0.4, -0.2) is 39.7 Å². The molecule has 1 atom stereocenters. The van der Waals surface area contributed by atoms with Crippen molar-refractivity contribution in [1.82, 2.24) is 9.88 Å². The highest BCUT2D eigenvalue weighted by atomic mass is 19.4. The topological polar surface area (TPSA) is 53.4 Å². The van der Waals surface area contributed by atoms with E-state index in [4.69, 9.17) is 0 Å². The number of hydrogen-bond acceptors (Lipinski definition) is 3. The monoisotopic (exact) mass is 420 g/mol. The van der Waals surface area contributed by atoms with Crippen LogP contribution in [-0.2, 0) is 5.60 Å². The van der Waals surface area contributed by atoms with E-state index in [1.807, 2.05) is 19.2 Å². The lowest BCUT2D eigenvalue weighted by atomic mass is 9.81. The van der Waals surface area contributed by atoms with Crippen LogP contribution in [0, 0.1) is 0 Å². The molecule has 0 saturated heterocycles. The normalized spacial score (nSPS) is 21.7. The highest BCUT2D eigenvalue weighted by Gasteiger charge is 2.51. The average Bonchev–Trinajstić information content (AvgIpc) is 2.74. The van der Waals surface area contributed by atoms with Gasteiger partial charge in [-0.1, -0.05) is 18.2 Å². The fourth-order valence-electron chi connectivity index (χ4n) is 4.17. The number of benzene rings is 1. The third-order valence-corrected chi connectivity index (χ3v) is 6.14. The number of aliphatic hydroxyl groups is 1. The lowest BCUT2D eigenvalue weighted by molar-refractivity contribution is -0.258. The van der Waals surface area contributed by atoms with E-state index in [9.17, 15) is 23.1 Å². The van der Waals surface area contributed by atoms with Crippen LogP contribution < -0.4 is 0 Å². The predicted octanol–water partition coefficient (Wildman–Crippen LogP) is 5.04. The summed E-state index contributed by atoms with van der Waals surface area (Å²) in [6.07, 6.45) is 2.54. The summed E-state index contributed by atoms with van der Waals surface area (Å²) in [6, 6.07) is 9.19. The first-order chi connectivity index (χ1) is 14.1. The van der Waals surface area contributed by atoms with Gasteiger partial charge >= 0.3 is 6.18 Å². The predicted molar refractivity (Wildman–Crippen MR) is 108 cm³/mol. The third-order valence-electron chi connectivity index (χ3n) is 6.14. The molecule has 0 unspecified atom stereocenters. The molecule has 1 aromatic carbocycles. The SMILES string of the molecule is CCN(C(=O)c1ccc([C@](C)(O)C(F)(F)F)cc1)[C@H]1CC[C@H](c2cccnc2)CC1. The Bertz CT molecular complexity index is 843. The summed E-state index contributed by atoms with van der Waals surface area (Å²) in [5.74, 6) is 0.244. The maximum absolute atomic E-state index is 13.0. The van der Waals surface area contributed by atoms with E-state index in [0.717, 1.165) is 25.7 Å². The maximum Gasteiger partial charge on any atom is 0.421 e. The van der Waals surface area contributed by atoms with E-state index >= 15 is 0 Å². The summed E-state index contributed by atoms with van der Waals surface area (Å²) in [7, 11) is 0. The van der Waals surface area contributed by atoms with E-state index in [0.29, 0.717) is 24.9 Å². The van der Waals surface area contributed by atoms with Crippen LogP contribution in [0.25, 0.3) is 0 Å². The van der Waals surface area contributed by atoms with E-state index in [1.54, 1.807) is 11.1 Å². The van der Waals surface area contributed by atoms with Crippen LogP contribution in [0.5, 0.6) is 0 Å². The molecule has 0 aliphatic heterocycles. The zero-order valence-corrected chi connectivity index (χ0v) is 17.2. The Kier molecular flexibility index (Phi) is 6.50. The summed E-state index contributed by atoms with van der Waals surface area (Å²) in [5.41, 5.74) is -1.69. The standard InChI is InChI=1S/C23H27F3N2O2/c1-3-28(20-12-8-16(9-13-20)18-5-4-14-27-15-18)21(29)17-6-10-19(11-7-17)22(2,30)23(24,25)26/h4-7,10-11,14-16,20,30H,3,8-9,12-13H2,1-2H3/t16-,20-,22-/m0/s1. The van der Waals surface area contributed by atoms with Gasteiger partial charge in [0.15, 0.2) is 5.60 Å². The smallest absolute Gasteiger partial charge is 0.376 e. The average molecular weight is 420 g/mol. The van der Waals surface area contributed by atoms with Gasteiger partial charge in [-0.3, -0.25) is 9.78 Å². The molecule has 1 aliphatic carbocycles. The van der Waals surface area contributed by atoms with E-state index in [1.165, 1.54) is 29.8 Å². The highest BCUT2D eigenvalue weighted by molar-refractivity contribution is 5.94. The Balaban J connectivity index is 1.68. The van der Waals surface area contributed by atoms with E-state index in [-0.39, 0.29) is 17.5 Å². The lowest BCUT2D eigenvalue weighted by Gasteiger charge is -2.36. The van der Waals surface area contributed by atoms with E-state index in [2.05, 4.69) is 11.1 Å². The minimum absolute atomic E-state index is 0.105. The van der Waals surface area contributed by atoms with Crippen molar-refractivity contribution in [2.75, 3.05) is 6.54 Å². The number of halogens is 3. The van der Waals surface area contributed by atoms with Gasteiger partial charge in [-0.05, 0) is 74.8 Å². The second-order valence-electron chi connectivity index (χ2n) is 8.03. The van der Waals surface area contributed by atoms with Crippen molar-refractivity contribution in [2.24, 2.45) is 0 Å². The summed E-state index contributed by atoms with van der Waals surface area (Å²) < 4.78 is 39.1. The highest BCUT2D eigenvalue weighted by Crippen LogP contribution is 2.39. The van der Waals surface area contributed by atoms with Crippen molar-refractivity contribution in [3.63, 3.8) is 0 Å². The number of alkyl halides is 3. The molecule has 7 heteroatoms. The molecule has 4 nitrogen and oxygen atoms in total. The molecular formula is C23H27F3N2O2. The maximum atomic E-state index is 13.0. The van der Waals surface area contributed by atoms with Crippen LogP contribution in [0.2, 0.25) is 0 Å². The molecule has 1 N–H and O–H groups in total. The summed E-state index contributed by atoms with van der Waals surface area (Å²) in [4.78, 5) is 19.0. The van der Waals surface area contributed by atoms with Gasteiger partial charge in [0.1, 0.15) is 0 Å². The molecule has 0 spiro atoms. The van der Waals surface area contributed by atoms with E-state index < -0.39 is 11.8 Å². The number of carbonyl (C=O) groups is 1. The summed E-state index contributed by atoms with van der Waals surface area (Å²) >= 11 is 0. The summed E-state index contributed by atoms with van der Waals surface area (Å²) in [5, 5.41) is 9.81. The molecule has 30 heavy (non-hydrogen) atoms. The Morgan fingerprint density at radius 1 is 1.13 bits per heavy atom. The minimum atomic E-state index is -4.79. The first-order valence-electron chi connectivity index (χ1n) is 10.3. The number of nitrogens with zero attached hydrogens (tertiary/aromatic N) is 2. The molecule has 1 aliphatic rings. The fourth-order valence-corrected chi connectivity index (χ4v) is 4.17. The number of pyridine rings is 1. The van der Waals surface area contributed by atoms with Gasteiger partial charge in [-0.15, -0.1) is 0 Å². The van der Waals surface area contributed by atoms with Crippen molar-refractivity contribution in [3.05, 3.63) is 65.5 Å². The van der Waals surface area contributed by atoms with Crippen LogP contribution in [0.1, 0.15) is 66.9 Å². The van der Waals surface area contributed by atoms with Crippen LogP contribution in [0.15, 0.2) is 48.8 Å². The Hall–Kier alpha value is -2.41. The molecule has 1 aromatic heterocycles. The Morgan fingerprint density at radius 3 is 2.27 bits per heavy atom. The fraction of sp³-hybridized carbons (Fsp3) is 0.478. The molecule has 1 fully saturated rings. The molecule has 0 radical (unpaired) electrons. The molecule has 1 heterocycles. The number of amides is 1. The van der Waals surface area contributed by atoms with Crippen molar-refractivity contribution in [2.45, 2.75) is 63.3 Å². The van der Waals surface area contributed by atoms with Gasteiger partial charge < -0.3 is 10.0 Å². The zero-order valence-electron chi connectivity index (χ0n) is 17.2. The molecule has 3 rings (SSSR count). The number of aromatic nitrogens is 1. The first-order valence-corrected chi connectivity index (χ1v) is 10.3. The molecular weight excluding hydrogens is 393 g/mol. The van der Waals surface area contributed by atoms with Gasteiger partial charge in [-0.2, -0.15) is 13.2 Å². The quantitative estimate of drug-likeness (QED) is 0.737. The second kappa shape index (κ2) is 8.76. The largest absolute Gasteiger partial charge is 0.421 e. The van der Waals surface area contributed by atoms with Gasteiger partial charge in [-0.25, -0.2) is 0 Å². The van der Waals surface area contributed by atoms with Crippen molar-refractivity contribution < 1.29 is 23.1 Å². The number of hydrogen-bond donors (Lipinski definition) is 1. The van der Waals surface area contributed by atoms with Crippen molar-refractivity contribution >= 4 is 5.91 Å². The zero-order chi connectivity index (χ0) is 21.9. The summed E-state index contributed by atoms with van der Waals surface area (Å²) in [6.45, 7) is 3.15. The molecule has 1 amide bonds. The number of carbonyl (C=O) groups excluding carboxylic acids is 1. The van der Waals surface area contributed by atoms with Crippen molar-refractivity contribution in [3.8, 4) is 0 Å². The third kappa shape index (κ3) is 4.51. The van der Waals surface area contributed by atoms with Gasteiger partial charge in [0.2, 0.25) is 0 Å². The Morgan fingerprint density at radius 2 is 1.77 bits per heavy atom. The van der Waals surface area contributed by atoms with Crippen LogP contribution >= 0.6 is 0 Å². The Labute approximate surface area is 174 Å². The van der Waals surface area contributed by atoms with Gasteiger partial charge in [0, 0.05) is 30.5 Å². The molecule has 1 saturated carbocycles. The van der Waals surface area contributed by atoms with Gasteiger partial charge in [0.25, 0.3) is 5.91 Å². The molecule has 0 bridgehead atoms. The van der Waals surface area contributed by atoms with Crippen molar-refractivity contribution in [1.29, 1.82) is 0 Å². The van der Waals surface area contributed by atoms with Crippen LogP contribution in [0.3, 0.4) is 0 Å².